The summed E-state index contributed by atoms with van der Waals surface area (Å²) in [5.74, 6) is 0.158. The molecule has 1 spiro atoms. The van der Waals surface area contributed by atoms with Crippen LogP contribution >= 0.6 is 0 Å². The van der Waals surface area contributed by atoms with Gasteiger partial charge in [-0.2, -0.15) is 5.06 Å². The Hall–Kier alpha value is -1.44. The number of benzene rings is 1. The molecule has 1 saturated heterocycles. The lowest BCUT2D eigenvalue weighted by atomic mass is 9.69. The van der Waals surface area contributed by atoms with E-state index < -0.39 is 22.0 Å². The number of hydrogen-bond acceptors (Lipinski definition) is 5. The molecule has 166 valence electrons. The van der Waals surface area contributed by atoms with E-state index in [-0.39, 0.29) is 35.0 Å². The second kappa shape index (κ2) is 7.31. The van der Waals surface area contributed by atoms with Gasteiger partial charge in [-0.25, -0.2) is 12.7 Å². The highest BCUT2D eigenvalue weighted by atomic mass is 32.2. The first-order valence-electron chi connectivity index (χ1n) is 11.0. The van der Waals surface area contributed by atoms with Gasteiger partial charge in [0.1, 0.15) is 6.04 Å². The number of amides is 1. The predicted molar refractivity (Wildman–Crippen MR) is 115 cm³/mol. The summed E-state index contributed by atoms with van der Waals surface area (Å²) in [4.78, 5) is 13.8. The van der Waals surface area contributed by atoms with Gasteiger partial charge in [0.2, 0.25) is 10.0 Å². The molecule has 1 N–H and O–H groups in total. The Morgan fingerprint density at radius 2 is 1.93 bits per heavy atom. The molecule has 2 saturated carbocycles. The molecule has 3 aliphatic rings. The maximum atomic E-state index is 13.8. The molecule has 0 radical (unpaired) electrons. The fourth-order valence-electron chi connectivity index (χ4n) is 6.38. The molecule has 1 aliphatic heterocycles. The van der Waals surface area contributed by atoms with Gasteiger partial charge in [-0.1, -0.05) is 58.0 Å². The van der Waals surface area contributed by atoms with Crippen LogP contribution in [0.1, 0.15) is 52.5 Å². The molecule has 1 heterocycles. The Bertz CT molecular complexity index is 914. The standard InChI is InChI=1S/C23H34N2O4S/c1-16(2)14-24(27)19(12-17-8-6-5-7-9-17)21(26)25-20-13-18-10-11-23(20,22(18,3)4)15-30(25,28)29/h5-9,16,18-20,27H,10-15H2,1-4H3/t18-,19-,20-,23-/m0/s1. The van der Waals surface area contributed by atoms with Crippen molar-refractivity contribution in [2.24, 2.45) is 22.7 Å². The Morgan fingerprint density at radius 1 is 1.27 bits per heavy atom. The van der Waals surface area contributed by atoms with Gasteiger partial charge in [0, 0.05) is 12.0 Å². The minimum absolute atomic E-state index is 0.0492. The minimum Gasteiger partial charge on any atom is -0.313 e. The van der Waals surface area contributed by atoms with Gasteiger partial charge >= 0.3 is 0 Å². The molecule has 2 aliphatic carbocycles. The van der Waals surface area contributed by atoms with Crippen LogP contribution in [0.5, 0.6) is 0 Å². The number of fused-ring (bicyclic) bond motifs is 1. The van der Waals surface area contributed by atoms with Crippen molar-refractivity contribution in [3.05, 3.63) is 35.9 Å². The van der Waals surface area contributed by atoms with Crippen molar-refractivity contribution in [3.8, 4) is 0 Å². The molecule has 1 amide bonds. The van der Waals surface area contributed by atoms with E-state index in [4.69, 9.17) is 0 Å². The van der Waals surface area contributed by atoms with E-state index in [0.717, 1.165) is 29.9 Å². The number of nitrogens with zero attached hydrogens (tertiary/aromatic N) is 2. The summed E-state index contributed by atoms with van der Waals surface area (Å²) in [5.41, 5.74) is 0.450. The minimum atomic E-state index is -3.71. The van der Waals surface area contributed by atoms with Crippen LogP contribution in [0.3, 0.4) is 0 Å². The van der Waals surface area contributed by atoms with Gasteiger partial charge in [0.05, 0.1) is 11.8 Å². The number of carbonyl (C=O) groups is 1. The highest BCUT2D eigenvalue weighted by molar-refractivity contribution is 7.90. The maximum Gasteiger partial charge on any atom is 0.256 e. The quantitative estimate of drug-likeness (QED) is 0.695. The number of hydrogen-bond donors (Lipinski definition) is 1. The second-order valence-electron chi connectivity index (χ2n) is 10.5. The molecule has 0 unspecified atom stereocenters. The molecule has 7 heteroatoms. The third kappa shape index (κ3) is 3.21. The van der Waals surface area contributed by atoms with Crippen LogP contribution in [0.15, 0.2) is 30.3 Å². The summed E-state index contributed by atoms with van der Waals surface area (Å²) < 4.78 is 27.8. The summed E-state index contributed by atoms with van der Waals surface area (Å²) in [6, 6.07) is 8.30. The monoisotopic (exact) mass is 434 g/mol. The molecular formula is C23H34N2O4S. The van der Waals surface area contributed by atoms with E-state index in [9.17, 15) is 18.4 Å². The molecule has 4 atom stereocenters. The molecule has 1 aromatic carbocycles. The normalized spacial score (nSPS) is 32.0. The van der Waals surface area contributed by atoms with Crippen molar-refractivity contribution in [3.63, 3.8) is 0 Å². The van der Waals surface area contributed by atoms with Crippen molar-refractivity contribution in [2.45, 2.75) is 65.5 Å². The van der Waals surface area contributed by atoms with Crippen molar-refractivity contribution >= 4 is 15.9 Å². The van der Waals surface area contributed by atoms with E-state index in [2.05, 4.69) is 13.8 Å². The lowest BCUT2D eigenvalue weighted by Gasteiger charge is -2.38. The lowest BCUT2D eigenvalue weighted by molar-refractivity contribution is -0.164. The smallest absolute Gasteiger partial charge is 0.256 e. The summed E-state index contributed by atoms with van der Waals surface area (Å²) >= 11 is 0. The summed E-state index contributed by atoms with van der Waals surface area (Å²) in [6.45, 7) is 8.58. The number of sulfonamides is 1. The van der Waals surface area contributed by atoms with E-state index in [1.807, 2.05) is 44.2 Å². The topological polar surface area (TPSA) is 77.9 Å². The van der Waals surface area contributed by atoms with E-state index in [1.165, 1.54) is 4.31 Å². The third-order valence-electron chi connectivity index (χ3n) is 8.10. The summed E-state index contributed by atoms with van der Waals surface area (Å²) in [6.07, 6.45) is 2.91. The lowest BCUT2D eigenvalue weighted by Crippen LogP contribution is -2.53. The van der Waals surface area contributed by atoms with Gasteiger partial charge in [0.15, 0.2) is 0 Å². The van der Waals surface area contributed by atoms with Crippen molar-refractivity contribution in [1.29, 1.82) is 0 Å². The Labute approximate surface area is 180 Å². The van der Waals surface area contributed by atoms with Crippen LogP contribution in [0.2, 0.25) is 0 Å². The van der Waals surface area contributed by atoms with E-state index >= 15 is 0 Å². The van der Waals surface area contributed by atoms with Crippen LogP contribution in [0.4, 0.5) is 0 Å². The molecule has 1 aromatic rings. The molecular weight excluding hydrogens is 400 g/mol. The van der Waals surface area contributed by atoms with Gasteiger partial charge in [0.25, 0.3) is 5.91 Å². The average molecular weight is 435 g/mol. The molecule has 6 nitrogen and oxygen atoms in total. The maximum absolute atomic E-state index is 13.8. The average Bonchev–Trinajstić information content (AvgIpc) is 3.13. The van der Waals surface area contributed by atoms with Crippen LogP contribution in [0.25, 0.3) is 0 Å². The van der Waals surface area contributed by atoms with Crippen molar-refractivity contribution < 1.29 is 18.4 Å². The number of rotatable bonds is 6. The molecule has 30 heavy (non-hydrogen) atoms. The number of hydroxylamine groups is 2. The zero-order valence-corrected chi connectivity index (χ0v) is 19.2. The molecule has 3 fully saturated rings. The summed E-state index contributed by atoms with van der Waals surface area (Å²) in [7, 11) is -3.71. The zero-order chi connectivity index (χ0) is 21.9. The molecule has 0 aromatic heterocycles. The van der Waals surface area contributed by atoms with Gasteiger partial charge < -0.3 is 5.21 Å². The Balaban J connectivity index is 1.68. The SMILES string of the molecule is CC(C)CN(O)[C@@H](Cc1ccccc1)C(=O)N1[C@H]2C[C@@H]3CC[C@@]2(CS1(=O)=O)C3(C)C. The predicted octanol–water partition coefficient (Wildman–Crippen LogP) is 3.31. The van der Waals surface area contributed by atoms with Gasteiger partial charge in [-0.15, -0.1) is 0 Å². The Morgan fingerprint density at radius 3 is 2.53 bits per heavy atom. The van der Waals surface area contributed by atoms with Gasteiger partial charge in [-0.3, -0.25) is 4.79 Å². The zero-order valence-electron chi connectivity index (χ0n) is 18.4. The first-order chi connectivity index (χ1) is 14.0. The number of carbonyl (C=O) groups excluding carboxylic acids is 1. The van der Waals surface area contributed by atoms with Gasteiger partial charge in [-0.05, 0) is 48.5 Å². The largest absolute Gasteiger partial charge is 0.313 e. The highest BCUT2D eigenvalue weighted by Gasteiger charge is 2.72. The first kappa shape index (κ1) is 21.8. The molecule has 4 rings (SSSR count). The Kier molecular flexibility index (Phi) is 5.31. The van der Waals surface area contributed by atoms with E-state index in [1.54, 1.807) is 0 Å². The molecule has 2 bridgehead atoms. The van der Waals surface area contributed by atoms with Crippen LogP contribution in [-0.4, -0.2) is 53.3 Å². The van der Waals surface area contributed by atoms with Crippen LogP contribution < -0.4 is 0 Å². The third-order valence-corrected chi connectivity index (χ3v) is 10.0. The summed E-state index contributed by atoms with van der Waals surface area (Å²) in [5, 5.41) is 11.9. The van der Waals surface area contributed by atoms with Crippen LogP contribution in [-0.2, 0) is 21.2 Å². The first-order valence-corrected chi connectivity index (χ1v) is 12.7. The fourth-order valence-corrected chi connectivity index (χ4v) is 8.96. The van der Waals surface area contributed by atoms with E-state index in [0.29, 0.717) is 12.5 Å². The van der Waals surface area contributed by atoms with Crippen LogP contribution in [0, 0.1) is 22.7 Å². The second-order valence-corrected chi connectivity index (χ2v) is 12.3. The van der Waals surface area contributed by atoms with Crippen molar-refractivity contribution in [2.75, 3.05) is 12.3 Å². The van der Waals surface area contributed by atoms with Crippen molar-refractivity contribution in [1.82, 2.24) is 9.37 Å². The fraction of sp³-hybridized carbons (Fsp3) is 0.696. The highest BCUT2D eigenvalue weighted by Crippen LogP contribution is 2.70.